The molecular formula is C13H20N2OS. The van der Waals surface area contributed by atoms with Crippen LogP contribution in [0.4, 0.5) is 0 Å². The van der Waals surface area contributed by atoms with Crippen molar-refractivity contribution >= 4 is 17.7 Å². The van der Waals surface area contributed by atoms with E-state index in [1.165, 1.54) is 0 Å². The first-order chi connectivity index (χ1) is 8.24. The Morgan fingerprint density at radius 2 is 2.12 bits per heavy atom. The third kappa shape index (κ3) is 5.75. The lowest BCUT2D eigenvalue weighted by atomic mass is 10.1. The van der Waals surface area contributed by atoms with Crippen molar-refractivity contribution in [3.05, 3.63) is 35.9 Å². The number of amides is 1. The Labute approximate surface area is 107 Å². The molecule has 4 heteroatoms. The molecule has 0 aliphatic heterocycles. The SMILES string of the molecule is CSCCCC(=O)NCC(N)c1ccccc1. The zero-order valence-electron chi connectivity index (χ0n) is 10.2. The fourth-order valence-corrected chi connectivity index (χ4v) is 1.94. The van der Waals surface area contributed by atoms with E-state index in [0.717, 1.165) is 17.7 Å². The van der Waals surface area contributed by atoms with E-state index in [1.807, 2.05) is 36.6 Å². The molecule has 0 spiro atoms. The van der Waals surface area contributed by atoms with Crippen molar-refractivity contribution in [3.8, 4) is 0 Å². The van der Waals surface area contributed by atoms with Crippen molar-refractivity contribution < 1.29 is 4.79 Å². The van der Waals surface area contributed by atoms with Gasteiger partial charge in [0.2, 0.25) is 5.91 Å². The van der Waals surface area contributed by atoms with Crippen molar-refractivity contribution in [2.45, 2.75) is 18.9 Å². The first-order valence-electron chi connectivity index (χ1n) is 5.80. The van der Waals surface area contributed by atoms with Gasteiger partial charge in [-0.05, 0) is 24.0 Å². The van der Waals surface area contributed by atoms with Gasteiger partial charge in [0.15, 0.2) is 0 Å². The molecule has 0 aromatic heterocycles. The summed E-state index contributed by atoms with van der Waals surface area (Å²) in [5, 5.41) is 2.87. The molecule has 0 aliphatic rings. The molecule has 1 aromatic carbocycles. The largest absolute Gasteiger partial charge is 0.354 e. The molecule has 0 heterocycles. The minimum Gasteiger partial charge on any atom is -0.354 e. The van der Waals surface area contributed by atoms with Crippen LogP contribution in [0.25, 0.3) is 0 Å². The highest BCUT2D eigenvalue weighted by atomic mass is 32.2. The lowest BCUT2D eigenvalue weighted by molar-refractivity contribution is -0.121. The number of rotatable bonds is 7. The molecule has 0 fully saturated rings. The van der Waals surface area contributed by atoms with Crippen LogP contribution in [0.1, 0.15) is 24.4 Å². The molecule has 0 saturated heterocycles. The third-order valence-corrected chi connectivity index (χ3v) is 3.20. The maximum atomic E-state index is 11.5. The fraction of sp³-hybridized carbons (Fsp3) is 0.462. The molecule has 0 saturated carbocycles. The predicted octanol–water partition coefficient (Wildman–Crippen LogP) is 1.95. The summed E-state index contributed by atoms with van der Waals surface area (Å²) in [6.07, 6.45) is 3.55. The molecule has 17 heavy (non-hydrogen) atoms. The average Bonchev–Trinajstić information content (AvgIpc) is 2.37. The Morgan fingerprint density at radius 3 is 2.76 bits per heavy atom. The minimum atomic E-state index is -0.124. The van der Waals surface area contributed by atoms with Crippen LogP contribution < -0.4 is 11.1 Å². The smallest absolute Gasteiger partial charge is 0.220 e. The van der Waals surface area contributed by atoms with Crippen molar-refractivity contribution in [2.75, 3.05) is 18.6 Å². The molecule has 94 valence electrons. The molecule has 3 N–H and O–H groups in total. The first kappa shape index (κ1) is 14.1. The Balaban J connectivity index is 2.24. The van der Waals surface area contributed by atoms with Crippen LogP contribution in [-0.4, -0.2) is 24.5 Å². The highest BCUT2D eigenvalue weighted by Gasteiger charge is 2.07. The first-order valence-corrected chi connectivity index (χ1v) is 7.19. The normalized spacial score (nSPS) is 12.1. The number of thioether (sulfide) groups is 1. The van der Waals surface area contributed by atoms with Gasteiger partial charge in [-0.25, -0.2) is 0 Å². The van der Waals surface area contributed by atoms with Gasteiger partial charge in [0.05, 0.1) is 0 Å². The van der Waals surface area contributed by atoms with E-state index in [9.17, 15) is 4.79 Å². The summed E-state index contributed by atoms with van der Waals surface area (Å²) in [5.41, 5.74) is 7.03. The molecular weight excluding hydrogens is 232 g/mol. The number of hydrogen-bond donors (Lipinski definition) is 2. The van der Waals surface area contributed by atoms with Crippen LogP contribution in [0.15, 0.2) is 30.3 Å². The Hall–Kier alpha value is -1.00. The van der Waals surface area contributed by atoms with E-state index >= 15 is 0 Å². The summed E-state index contributed by atoms with van der Waals surface area (Å²) in [5.74, 6) is 1.11. The van der Waals surface area contributed by atoms with Crippen LogP contribution in [-0.2, 0) is 4.79 Å². The number of nitrogens with one attached hydrogen (secondary N) is 1. The monoisotopic (exact) mass is 252 g/mol. The van der Waals surface area contributed by atoms with E-state index in [2.05, 4.69) is 5.32 Å². The van der Waals surface area contributed by atoms with E-state index in [1.54, 1.807) is 11.8 Å². The van der Waals surface area contributed by atoms with Gasteiger partial charge in [0, 0.05) is 19.0 Å². The van der Waals surface area contributed by atoms with Gasteiger partial charge in [-0.15, -0.1) is 0 Å². The van der Waals surface area contributed by atoms with Crippen LogP contribution in [0.5, 0.6) is 0 Å². The zero-order valence-corrected chi connectivity index (χ0v) is 11.0. The Bertz CT molecular complexity index is 329. The standard InChI is InChI=1S/C13H20N2OS/c1-17-9-5-8-13(16)15-10-12(14)11-6-3-2-4-7-11/h2-4,6-7,12H,5,8-10,14H2,1H3,(H,15,16). The summed E-state index contributed by atoms with van der Waals surface area (Å²) >= 11 is 1.76. The fourth-order valence-electron chi connectivity index (χ4n) is 1.51. The lowest BCUT2D eigenvalue weighted by Gasteiger charge is -2.13. The Kier molecular flexibility index (Phi) is 6.74. The maximum absolute atomic E-state index is 11.5. The van der Waals surface area contributed by atoms with Crippen LogP contribution in [0.3, 0.4) is 0 Å². The van der Waals surface area contributed by atoms with E-state index in [-0.39, 0.29) is 11.9 Å². The number of nitrogens with two attached hydrogens (primary N) is 1. The summed E-state index contributed by atoms with van der Waals surface area (Å²) in [7, 11) is 0. The molecule has 1 atom stereocenters. The van der Waals surface area contributed by atoms with E-state index in [4.69, 9.17) is 5.73 Å². The van der Waals surface area contributed by atoms with Crippen LogP contribution in [0, 0.1) is 0 Å². The maximum Gasteiger partial charge on any atom is 0.220 e. The second-order valence-electron chi connectivity index (χ2n) is 3.92. The summed E-state index contributed by atoms with van der Waals surface area (Å²) < 4.78 is 0. The minimum absolute atomic E-state index is 0.0884. The van der Waals surface area contributed by atoms with Gasteiger partial charge < -0.3 is 11.1 Å². The molecule has 1 aromatic rings. The second kappa shape index (κ2) is 8.14. The third-order valence-electron chi connectivity index (χ3n) is 2.50. The van der Waals surface area contributed by atoms with Gasteiger partial charge in [0.1, 0.15) is 0 Å². The van der Waals surface area contributed by atoms with Gasteiger partial charge in [0.25, 0.3) is 0 Å². The summed E-state index contributed by atoms with van der Waals surface area (Å²) in [6.45, 7) is 0.502. The molecule has 1 unspecified atom stereocenters. The zero-order chi connectivity index (χ0) is 12.5. The lowest BCUT2D eigenvalue weighted by Crippen LogP contribution is -2.31. The molecule has 3 nitrogen and oxygen atoms in total. The number of carbonyl (C=O) groups is 1. The molecule has 1 rings (SSSR count). The second-order valence-corrected chi connectivity index (χ2v) is 4.90. The summed E-state index contributed by atoms with van der Waals surface area (Å²) in [4.78, 5) is 11.5. The van der Waals surface area contributed by atoms with Crippen molar-refractivity contribution in [2.24, 2.45) is 5.73 Å². The van der Waals surface area contributed by atoms with Gasteiger partial charge in [-0.2, -0.15) is 11.8 Å². The van der Waals surface area contributed by atoms with Crippen LogP contribution >= 0.6 is 11.8 Å². The highest BCUT2D eigenvalue weighted by Crippen LogP contribution is 2.08. The van der Waals surface area contributed by atoms with Crippen LogP contribution in [0.2, 0.25) is 0 Å². The molecule has 0 bridgehead atoms. The van der Waals surface area contributed by atoms with Gasteiger partial charge in [-0.3, -0.25) is 4.79 Å². The van der Waals surface area contributed by atoms with Crippen molar-refractivity contribution in [1.82, 2.24) is 5.32 Å². The number of hydrogen-bond acceptors (Lipinski definition) is 3. The van der Waals surface area contributed by atoms with Gasteiger partial charge in [-0.1, -0.05) is 30.3 Å². The highest BCUT2D eigenvalue weighted by molar-refractivity contribution is 7.98. The molecule has 1 amide bonds. The van der Waals surface area contributed by atoms with Gasteiger partial charge >= 0.3 is 0 Å². The molecule has 0 radical (unpaired) electrons. The molecule has 0 aliphatic carbocycles. The average molecular weight is 252 g/mol. The predicted molar refractivity (Wildman–Crippen MR) is 74.0 cm³/mol. The number of carbonyl (C=O) groups excluding carboxylic acids is 1. The Morgan fingerprint density at radius 1 is 1.41 bits per heavy atom. The quantitative estimate of drug-likeness (QED) is 0.729. The van der Waals surface area contributed by atoms with E-state index in [0.29, 0.717) is 13.0 Å². The van der Waals surface area contributed by atoms with E-state index < -0.39 is 0 Å². The van der Waals surface area contributed by atoms with Crippen molar-refractivity contribution in [1.29, 1.82) is 0 Å². The topological polar surface area (TPSA) is 55.1 Å². The summed E-state index contributed by atoms with van der Waals surface area (Å²) in [6, 6.07) is 9.69. The number of benzene rings is 1. The van der Waals surface area contributed by atoms with Crippen molar-refractivity contribution in [3.63, 3.8) is 0 Å².